The minimum absolute atomic E-state index is 0.0237. The second-order valence-electron chi connectivity index (χ2n) is 5.66. The Kier molecular flexibility index (Phi) is 5.52. The fourth-order valence-electron chi connectivity index (χ4n) is 2.66. The number of hydrogen-bond acceptors (Lipinski definition) is 3. The number of amides is 3. The average Bonchev–Trinajstić information content (AvgIpc) is 3.10. The summed E-state index contributed by atoms with van der Waals surface area (Å²) in [6, 6.07) is 11.2. The van der Waals surface area contributed by atoms with Gasteiger partial charge in [-0.3, -0.25) is 10.1 Å². The van der Waals surface area contributed by atoms with Crippen LogP contribution in [0.1, 0.15) is 12.8 Å². The number of nitrogens with zero attached hydrogens (tertiary/aromatic N) is 1. The van der Waals surface area contributed by atoms with Gasteiger partial charge in [0.15, 0.2) is 0 Å². The van der Waals surface area contributed by atoms with Gasteiger partial charge in [-0.2, -0.15) is 0 Å². The van der Waals surface area contributed by atoms with Gasteiger partial charge in [-0.1, -0.05) is 15.9 Å². The van der Waals surface area contributed by atoms with Crippen LogP contribution in [0.3, 0.4) is 0 Å². The molecule has 1 aromatic heterocycles. The van der Waals surface area contributed by atoms with Crippen LogP contribution < -0.4 is 10.6 Å². The van der Waals surface area contributed by atoms with Crippen molar-refractivity contribution in [3.8, 4) is 0 Å². The van der Waals surface area contributed by atoms with Gasteiger partial charge in [0.1, 0.15) is 0 Å². The molecule has 2 aromatic rings. The molecule has 1 aromatic carbocycles. The number of likely N-dealkylation sites (tertiary alicyclic amines) is 1. The van der Waals surface area contributed by atoms with Crippen LogP contribution in [0, 0.1) is 5.92 Å². The van der Waals surface area contributed by atoms with E-state index < -0.39 is 0 Å². The summed E-state index contributed by atoms with van der Waals surface area (Å²) in [5.74, 6) is -0.0323. The van der Waals surface area contributed by atoms with Crippen molar-refractivity contribution in [1.82, 2.24) is 4.90 Å². The first kappa shape index (κ1) is 17.0. The predicted octanol–water partition coefficient (Wildman–Crippen LogP) is 4.39. The largest absolute Gasteiger partial charge is 0.326 e. The highest BCUT2D eigenvalue weighted by Crippen LogP contribution is 2.22. The molecule has 2 heterocycles. The first-order chi connectivity index (χ1) is 11.6. The van der Waals surface area contributed by atoms with Crippen molar-refractivity contribution in [3.63, 3.8) is 0 Å². The summed E-state index contributed by atoms with van der Waals surface area (Å²) in [6.07, 6.45) is 1.36. The number of carbonyl (C=O) groups is 2. The Morgan fingerprint density at radius 2 is 1.79 bits per heavy atom. The molecule has 0 saturated carbocycles. The smallest absolute Gasteiger partial charge is 0.322 e. The van der Waals surface area contributed by atoms with Gasteiger partial charge in [-0.15, -0.1) is 11.3 Å². The van der Waals surface area contributed by atoms with Gasteiger partial charge in [0.05, 0.1) is 5.00 Å². The fraction of sp³-hybridized carbons (Fsp3) is 0.294. The number of anilines is 2. The van der Waals surface area contributed by atoms with E-state index in [1.165, 1.54) is 11.3 Å². The van der Waals surface area contributed by atoms with E-state index in [2.05, 4.69) is 26.6 Å². The minimum Gasteiger partial charge on any atom is -0.326 e. The Balaban J connectivity index is 1.48. The summed E-state index contributed by atoms with van der Waals surface area (Å²) in [7, 11) is 0. The zero-order valence-corrected chi connectivity index (χ0v) is 15.4. The molecule has 0 atom stereocenters. The SMILES string of the molecule is O=C(Nc1ccc(Br)cc1)C1CCN(C(=O)Nc2cccs2)CC1. The number of piperidine rings is 1. The number of rotatable bonds is 3. The lowest BCUT2D eigenvalue weighted by Crippen LogP contribution is -2.43. The van der Waals surface area contributed by atoms with Gasteiger partial charge >= 0.3 is 6.03 Å². The highest BCUT2D eigenvalue weighted by molar-refractivity contribution is 9.10. The molecule has 1 aliphatic rings. The van der Waals surface area contributed by atoms with Crippen molar-refractivity contribution in [2.45, 2.75) is 12.8 Å². The molecule has 0 spiro atoms. The summed E-state index contributed by atoms with van der Waals surface area (Å²) in [5.41, 5.74) is 0.793. The number of benzene rings is 1. The van der Waals surface area contributed by atoms with E-state index >= 15 is 0 Å². The Morgan fingerprint density at radius 3 is 2.42 bits per heavy atom. The lowest BCUT2D eigenvalue weighted by Gasteiger charge is -2.31. The Morgan fingerprint density at radius 1 is 1.08 bits per heavy atom. The van der Waals surface area contributed by atoms with Crippen LogP contribution in [0.15, 0.2) is 46.3 Å². The third kappa shape index (κ3) is 4.36. The monoisotopic (exact) mass is 407 g/mol. The lowest BCUT2D eigenvalue weighted by molar-refractivity contribution is -0.121. The first-order valence-corrected chi connectivity index (χ1v) is 9.45. The number of nitrogens with one attached hydrogen (secondary N) is 2. The van der Waals surface area contributed by atoms with E-state index in [-0.39, 0.29) is 17.9 Å². The molecule has 0 radical (unpaired) electrons. The van der Waals surface area contributed by atoms with Crippen molar-refractivity contribution in [2.75, 3.05) is 23.7 Å². The van der Waals surface area contributed by atoms with Crippen molar-refractivity contribution >= 4 is 49.9 Å². The van der Waals surface area contributed by atoms with Gasteiger partial charge in [-0.25, -0.2) is 4.79 Å². The van der Waals surface area contributed by atoms with E-state index in [1.807, 2.05) is 41.8 Å². The molecule has 1 aliphatic heterocycles. The fourth-order valence-corrected chi connectivity index (χ4v) is 3.53. The molecule has 0 aliphatic carbocycles. The number of carbonyl (C=O) groups excluding carboxylic acids is 2. The second-order valence-corrected chi connectivity index (χ2v) is 7.53. The van der Waals surface area contributed by atoms with Crippen LogP contribution in [0.5, 0.6) is 0 Å². The molecule has 24 heavy (non-hydrogen) atoms. The van der Waals surface area contributed by atoms with Crippen LogP contribution >= 0.6 is 27.3 Å². The molecule has 2 N–H and O–H groups in total. The Hall–Kier alpha value is -1.86. The Bertz CT molecular complexity index is 695. The Labute approximate surface area is 153 Å². The molecule has 126 valence electrons. The normalized spacial score (nSPS) is 15.1. The first-order valence-electron chi connectivity index (χ1n) is 7.77. The lowest BCUT2D eigenvalue weighted by atomic mass is 9.96. The molecule has 0 unspecified atom stereocenters. The summed E-state index contributed by atoms with van der Waals surface area (Å²) >= 11 is 4.87. The predicted molar refractivity (Wildman–Crippen MR) is 100 cm³/mol. The standard InChI is InChI=1S/C17H18BrN3O2S/c18-13-3-5-14(6-4-13)19-16(22)12-7-9-21(10-8-12)17(23)20-15-2-1-11-24-15/h1-6,11-12H,7-10H2,(H,19,22)(H,20,23). The van der Waals surface area contributed by atoms with Gasteiger partial charge in [0, 0.05) is 29.2 Å². The number of halogens is 1. The van der Waals surface area contributed by atoms with Crippen molar-refractivity contribution in [2.24, 2.45) is 5.92 Å². The maximum Gasteiger partial charge on any atom is 0.322 e. The topological polar surface area (TPSA) is 61.4 Å². The third-order valence-electron chi connectivity index (χ3n) is 4.02. The minimum atomic E-state index is -0.0933. The number of urea groups is 1. The van der Waals surface area contributed by atoms with E-state index in [9.17, 15) is 9.59 Å². The molecular formula is C17H18BrN3O2S. The number of thiophene rings is 1. The quantitative estimate of drug-likeness (QED) is 0.791. The molecule has 1 saturated heterocycles. The van der Waals surface area contributed by atoms with E-state index in [0.29, 0.717) is 25.9 Å². The molecular weight excluding hydrogens is 390 g/mol. The van der Waals surface area contributed by atoms with E-state index in [0.717, 1.165) is 15.2 Å². The molecule has 3 amide bonds. The summed E-state index contributed by atoms with van der Waals surface area (Å²) < 4.78 is 0.977. The van der Waals surface area contributed by atoms with Crippen LogP contribution in [0.4, 0.5) is 15.5 Å². The molecule has 5 nitrogen and oxygen atoms in total. The summed E-state index contributed by atoms with van der Waals surface area (Å²) in [4.78, 5) is 26.3. The highest BCUT2D eigenvalue weighted by Gasteiger charge is 2.27. The van der Waals surface area contributed by atoms with Crippen molar-refractivity contribution in [1.29, 1.82) is 0 Å². The maximum absolute atomic E-state index is 12.3. The van der Waals surface area contributed by atoms with Crippen LogP contribution in [-0.2, 0) is 4.79 Å². The van der Waals surface area contributed by atoms with Crippen molar-refractivity contribution < 1.29 is 9.59 Å². The van der Waals surface area contributed by atoms with Gasteiger partial charge in [0.25, 0.3) is 0 Å². The van der Waals surface area contributed by atoms with E-state index in [4.69, 9.17) is 0 Å². The van der Waals surface area contributed by atoms with Crippen LogP contribution in [-0.4, -0.2) is 29.9 Å². The maximum atomic E-state index is 12.3. The third-order valence-corrected chi connectivity index (χ3v) is 5.33. The molecule has 1 fully saturated rings. The highest BCUT2D eigenvalue weighted by atomic mass is 79.9. The van der Waals surface area contributed by atoms with Crippen molar-refractivity contribution in [3.05, 3.63) is 46.3 Å². The van der Waals surface area contributed by atoms with Crippen LogP contribution in [0.2, 0.25) is 0 Å². The zero-order chi connectivity index (χ0) is 16.9. The molecule has 0 bridgehead atoms. The second kappa shape index (κ2) is 7.81. The number of hydrogen-bond donors (Lipinski definition) is 2. The van der Waals surface area contributed by atoms with Gasteiger partial charge < -0.3 is 10.2 Å². The van der Waals surface area contributed by atoms with Crippen LogP contribution in [0.25, 0.3) is 0 Å². The summed E-state index contributed by atoms with van der Waals surface area (Å²) in [5, 5.41) is 8.59. The zero-order valence-electron chi connectivity index (χ0n) is 13.0. The molecule has 7 heteroatoms. The van der Waals surface area contributed by atoms with Gasteiger partial charge in [0.2, 0.25) is 5.91 Å². The molecule has 3 rings (SSSR count). The van der Waals surface area contributed by atoms with Gasteiger partial charge in [-0.05, 0) is 54.6 Å². The van der Waals surface area contributed by atoms with E-state index in [1.54, 1.807) is 4.90 Å². The average molecular weight is 408 g/mol. The summed E-state index contributed by atoms with van der Waals surface area (Å²) in [6.45, 7) is 1.19.